The van der Waals surface area contributed by atoms with E-state index < -0.39 is 0 Å². The van der Waals surface area contributed by atoms with Gasteiger partial charge in [-0.15, -0.1) is 24.0 Å². The molecule has 1 aromatic rings. The maximum Gasteiger partial charge on any atom is 0.191 e. The normalized spacial score (nSPS) is 15.2. The van der Waals surface area contributed by atoms with Gasteiger partial charge in [0.1, 0.15) is 5.75 Å². The molecule has 160 valence electrons. The second-order valence-electron chi connectivity index (χ2n) is 7.40. The van der Waals surface area contributed by atoms with E-state index in [2.05, 4.69) is 51.7 Å². The Hall–Kier alpha value is -1.06. The number of aliphatic imine (C=N–C) groups is 1. The van der Waals surface area contributed by atoms with Crippen LogP contribution < -0.4 is 15.4 Å². The smallest absolute Gasteiger partial charge is 0.191 e. The summed E-state index contributed by atoms with van der Waals surface area (Å²) < 4.78 is 5.78. The molecule has 7 heteroatoms. The summed E-state index contributed by atoms with van der Waals surface area (Å²) in [6, 6.07) is 8.29. The first-order chi connectivity index (χ1) is 13.2. The number of benzene rings is 1. The molecule has 1 saturated heterocycles. The molecule has 2 rings (SSSR count). The van der Waals surface area contributed by atoms with Crippen molar-refractivity contribution in [2.24, 2.45) is 4.99 Å². The standard InChI is InChI=1S/C21H37N5O.HI/c1-22-21(23-12-16-26-14-5-4-6-15-26)24-18-19-8-10-20(11-9-19)27-17-7-13-25(2)3;/h8-11H,4-7,12-18H2,1-3H3,(H2,22,23,24);1H. The van der Waals surface area contributed by atoms with Crippen LogP contribution in [0.4, 0.5) is 0 Å². The highest BCUT2D eigenvalue weighted by molar-refractivity contribution is 14.0. The van der Waals surface area contributed by atoms with Gasteiger partial charge >= 0.3 is 0 Å². The lowest BCUT2D eigenvalue weighted by Crippen LogP contribution is -2.42. The van der Waals surface area contributed by atoms with Gasteiger partial charge < -0.3 is 25.2 Å². The third-order valence-corrected chi connectivity index (χ3v) is 4.79. The molecule has 0 atom stereocenters. The van der Waals surface area contributed by atoms with E-state index in [9.17, 15) is 0 Å². The maximum atomic E-state index is 5.78. The predicted molar refractivity (Wildman–Crippen MR) is 129 cm³/mol. The fraction of sp³-hybridized carbons (Fsp3) is 0.667. The average Bonchev–Trinajstić information content (AvgIpc) is 2.69. The molecule has 0 saturated carbocycles. The number of likely N-dealkylation sites (tertiary alicyclic amines) is 1. The van der Waals surface area contributed by atoms with Gasteiger partial charge in [0.2, 0.25) is 0 Å². The van der Waals surface area contributed by atoms with Crippen molar-refractivity contribution < 1.29 is 4.74 Å². The molecule has 1 aliphatic rings. The van der Waals surface area contributed by atoms with Crippen LogP contribution in [0.2, 0.25) is 0 Å². The minimum absolute atomic E-state index is 0. The number of hydrogen-bond donors (Lipinski definition) is 2. The number of nitrogens with one attached hydrogen (secondary N) is 2. The molecule has 1 fully saturated rings. The number of rotatable bonds is 10. The Balaban J connectivity index is 0.00000392. The zero-order valence-electron chi connectivity index (χ0n) is 17.7. The van der Waals surface area contributed by atoms with E-state index in [1.54, 1.807) is 0 Å². The Kier molecular flexibility index (Phi) is 13.3. The highest BCUT2D eigenvalue weighted by Gasteiger charge is 2.09. The molecule has 6 nitrogen and oxygen atoms in total. The van der Waals surface area contributed by atoms with Crippen LogP contribution >= 0.6 is 24.0 Å². The van der Waals surface area contributed by atoms with E-state index in [1.165, 1.54) is 37.9 Å². The molecule has 1 aromatic carbocycles. The quantitative estimate of drug-likeness (QED) is 0.223. The summed E-state index contributed by atoms with van der Waals surface area (Å²) >= 11 is 0. The summed E-state index contributed by atoms with van der Waals surface area (Å²) in [5.41, 5.74) is 1.22. The number of hydrogen-bond acceptors (Lipinski definition) is 4. The second kappa shape index (κ2) is 14.9. The first kappa shape index (κ1) is 25.0. The fourth-order valence-electron chi connectivity index (χ4n) is 3.20. The summed E-state index contributed by atoms with van der Waals surface area (Å²) in [6.07, 6.45) is 5.09. The minimum Gasteiger partial charge on any atom is -0.494 e. The summed E-state index contributed by atoms with van der Waals surface area (Å²) in [5.74, 6) is 1.79. The highest BCUT2D eigenvalue weighted by Crippen LogP contribution is 2.12. The van der Waals surface area contributed by atoms with Crippen LogP contribution in [0.5, 0.6) is 5.75 Å². The lowest BCUT2D eigenvalue weighted by Gasteiger charge is -2.26. The number of piperidine rings is 1. The highest BCUT2D eigenvalue weighted by atomic mass is 127. The van der Waals surface area contributed by atoms with Crippen LogP contribution in [-0.4, -0.2) is 76.2 Å². The van der Waals surface area contributed by atoms with Gasteiger partial charge in [0, 0.05) is 33.2 Å². The van der Waals surface area contributed by atoms with Crippen molar-refractivity contribution in [3.8, 4) is 5.75 Å². The van der Waals surface area contributed by atoms with Gasteiger partial charge in [-0.3, -0.25) is 4.99 Å². The van der Waals surface area contributed by atoms with Crippen molar-refractivity contribution in [3.05, 3.63) is 29.8 Å². The average molecular weight is 503 g/mol. The molecular weight excluding hydrogens is 465 g/mol. The first-order valence-corrected chi connectivity index (χ1v) is 10.2. The summed E-state index contributed by atoms with van der Waals surface area (Å²) in [6.45, 7) is 7.04. The van der Waals surface area contributed by atoms with Crippen molar-refractivity contribution >= 4 is 29.9 Å². The maximum absolute atomic E-state index is 5.78. The number of ether oxygens (including phenoxy) is 1. The largest absolute Gasteiger partial charge is 0.494 e. The third-order valence-electron chi connectivity index (χ3n) is 4.79. The van der Waals surface area contributed by atoms with Crippen LogP contribution in [0.25, 0.3) is 0 Å². The molecule has 0 spiro atoms. The summed E-state index contributed by atoms with van der Waals surface area (Å²) in [7, 11) is 5.98. The predicted octanol–water partition coefficient (Wildman–Crippen LogP) is 2.79. The molecule has 28 heavy (non-hydrogen) atoms. The van der Waals surface area contributed by atoms with Crippen molar-refractivity contribution in [1.82, 2.24) is 20.4 Å². The van der Waals surface area contributed by atoms with E-state index in [4.69, 9.17) is 4.74 Å². The van der Waals surface area contributed by atoms with Crippen LogP contribution in [0, 0.1) is 0 Å². The van der Waals surface area contributed by atoms with Gasteiger partial charge in [0.25, 0.3) is 0 Å². The zero-order chi connectivity index (χ0) is 19.3. The molecule has 1 aliphatic heterocycles. The van der Waals surface area contributed by atoms with Gasteiger partial charge in [0.05, 0.1) is 6.61 Å². The number of halogens is 1. The third kappa shape index (κ3) is 10.5. The Bertz CT molecular complexity index is 544. The van der Waals surface area contributed by atoms with Gasteiger partial charge in [-0.1, -0.05) is 18.6 Å². The Morgan fingerprint density at radius 2 is 1.82 bits per heavy atom. The summed E-state index contributed by atoms with van der Waals surface area (Å²) in [5, 5.41) is 6.79. The van der Waals surface area contributed by atoms with Crippen molar-refractivity contribution in [3.63, 3.8) is 0 Å². The fourth-order valence-corrected chi connectivity index (χ4v) is 3.20. The van der Waals surface area contributed by atoms with Gasteiger partial charge in [-0.25, -0.2) is 0 Å². The lowest BCUT2D eigenvalue weighted by molar-refractivity contribution is 0.232. The number of guanidine groups is 1. The topological polar surface area (TPSA) is 52.1 Å². The first-order valence-electron chi connectivity index (χ1n) is 10.2. The van der Waals surface area contributed by atoms with Crippen LogP contribution in [0.1, 0.15) is 31.2 Å². The van der Waals surface area contributed by atoms with Crippen molar-refractivity contribution in [1.29, 1.82) is 0 Å². The second-order valence-corrected chi connectivity index (χ2v) is 7.40. The zero-order valence-corrected chi connectivity index (χ0v) is 20.1. The minimum atomic E-state index is 0. The SMILES string of the molecule is CN=C(NCCN1CCCCC1)NCc1ccc(OCCCN(C)C)cc1.I. The number of nitrogens with zero attached hydrogens (tertiary/aromatic N) is 3. The van der Waals surface area contributed by atoms with Gasteiger partial charge in [0.15, 0.2) is 5.96 Å². The molecule has 0 amide bonds. The lowest BCUT2D eigenvalue weighted by atomic mass is 10.1. The molecule has 0 bridgehead atoms. The van der Waals surface area contributed by atoms with Crippen LogP contribution in [0.15, 0.2) is 29.3 Å². The van der Waals surface area contributed by atoms with E-state index in [0.29, 0.717) is 0 Å². The van der Waals surface area contributed by atoms with E-state index >= 15 is 0 Å². The molecule has 1 heterocycles. The molecule has 0 aromatic heterocycles. The molecule has 2 N–H and O–H groups in total. The van der Waals surface area contributed by atoms with Gasteiger partial charge in [-0.2, -0.15) is 0 Å². The molecule has 0 radical (unpaired) electrons. The van der Waals surface area contributed by atoms with E-state index in [0.717, 1.165) is 50.9 Å². The van der Waals surface area contributed by atoms with Crippen molar-refractivity contribution in [2.45, 2.75) is 32.2 Å². The monoisotopic (exact) mass is 503 g/mol. The van der Waals surface area contributed by atoms with Crippen molar-refractivity contribution in [2.75, 3.05) is 60.5 Å². The molecular formula is C21H38IN5O. The summed E-state index contributed by atoms with van der Waals surface area (Å²) in [4.78, 5) is 9.02. The van der Waals surface area contributed by atoms with Crippen LogP contribution in [-0.2, 0) is 6.54 Å². The Labute approximate surface area is 188 Å². The Morgan fingerprint density at radius 1 is 1.11 bits per heavy atom. The molecule has 0 aliphatic carbocycles. The van der Waals surface area contributed by atoms with Crippen LogP contribution in [0.3, 0.4) is 0 Å². The molecule has 0 unspecified atom stereocenters. The Morgan fingerprint density at radius 3 is 2.46 bits per heavy atom. The van der Waals surface area contributed by atoms with Gasteiger partial charge in [-0.05, 0) is 64.1 Å². The van der Waals surface area contributed by atoms with E-state index in [1.807, 2.05) is 19.2 Å². The van der Waals surface area contributed by atoms with E-state index in [-0.39, 0.29) is 24.0 Å².